The van der Waals surface area contributed by atoms with Crippen LogP contribution in [0.25, 0.3) is 0 Å². The fourth-order valence-electron chi connectivity index (χ4n) is 1.11. The van der Waals surface area contributed by atoms with Crippen LogP contribution in [0.15, 0.2) is 24.3 Å². The van der Waals surface area contributed by atoms with Crippen LogP contribution in [-0.4, -0.2) is 24.7 Å². The monoisotopic (exact) mass is 190 g/mol. The summed E-state index contributed by atoms with van der Waals surface area (Å²) in [5.41, 5.74) is 1.26. The molecule has 0 saturated carbocycles. The Morgan fingerprint density at radius 1 is 1.64 bits per heavy atom. The Bertz CT molecular complexity index is 382. The van der Waals surface area contributed by atoms with E-state index in [1.165, 1.54) is 0 Å². The SMILES string of the molecule is CN(CC(=O)O)c1cccc(C#N)c1. The molecule has 1 N–H and O–H groups in total. The molecule has 4 nitrogen and oxygen atoms in total. The molecule has 0 atom stereocenters. The van der Waals surface area contributed by atoms with Crippen molar-refractivity contribution in [3.8, 4) is 6.07 Å². The summed E-state index contributed by atoms with van der Waals surface area (Å²) in [6.07, 6.45) is 0. The van der Waals surface area contributed by atoms with Crippen LogP contribution in [0.5, 0.6) is 0 Å². The van der Waals surface area contributed by atoms with Crippen LogP contribution in [0.4, 0.5) is 5.69 Å². The molecule has 0 fully saturated rings. The lowest BCUT2D eigenvalue weighted by Crippen LogP contribution is -2.24. The van der Waals surface area contributed by atoms with E-state index >= 15 is 0 Å². The van der Waals surface area contributed by atoms with Gasteiger partial charge in [0.1, 0.15) is 6.54 Å². The number of carboxylic acids is 1. The van der Waals surface area contributed by atoms with E-state index in [1.807, 2.05) is 6.07 Å². The lowest BCUT2D eigenvalue weighted by Gasteiger charge is -2.16. The van der Waals surface area contributed by atoms with Crippen molar-refractivity contribution in [1.29, 1.82) is 5.26 Å². The van der Waals surface area contributed by atoms with Gasteiger partial charge in [-0.1, -0.05) is 6.07 Å². The van der Waals surface area contributed by atoms with Gasteiger partial charge in [-0.15, -0.1) is 0 Å². The molecule has 0 heterocycles. The first-order valence-electron chi connectivity index (χ1n) is 4.06. The maximum atomic E-state index is 10.4. The molecular weight excluding hydrogens is 180 g/mol. The molecule has 0 aliphatic heterocycles. The summed E-state index contributed by atoms with van der Waals surface area (Å²) in [6.45, 7) is -0.0745. The molecule has 0 bridgehead atoms. The van der Waals surface area contributed by atoms with Crippen LogP contribution in [-0.2, 0) is 4.79 Å². The van der Waals surface area contributed by atoms with Gasteiger partial charge in [0.05, 0.1) is 11.6 Å². The number of anilines is 1. The lowest BCUT2D eigenvalue weighted by molar-refractivity contribution is -0.135. The Morgan fingerprint density at radius 3 is 2.93 bits per heavy atom. The third-order valence-electron chi connectivity index (χ3n) is 1.79. The Hall–Kier alpha value is -2.02. The number of carbonyl (C=O) groups is 1. The average molecular weight is 190 g/mol. The molecule has 0 spiro atoms. The number of carboxylic acid groups (broad SMARTS) is 1. The molecule has 0 unspecified atom stereocenters. The van der Waals surface area contributed by atoms with Crippen molar-refractivity contribution >= 4 is 11.7 Å². The van der Waals surface area contributed by atoms with Gasteiger partial charge in [0, 0.05) is 12.7 Å². The van der Waals surface area contributed by atoms with E-state index in [-0.39, 0.29) is 6.54 Å². The average Bonchev–Trinajstić information content (AvgIpc) is 2.17. The standard InChI is InChI=1S/C10H10N2O2/c1-12(7-10(13)14)9-4-2-3-8(5-9)6-11/h2-5H,7H2,1H3,(H,13,14). The van der Waals surface area contributed by atoms with Gasteiger partial charge in [-0.05, 0) is 18.2 Å². The zero-order chi connectivity index (χ0) is 10.6. The fraction of sp³-hybridized carbons (Fsp3) is 0.200. The molecule has 0 aliphatic carbocycles. The number of likely N-dealkylation sites (N-methyl/N-ethyl adjacent to an activating group) is 1. The molecule has 72 valence electrons. The maximum absolute atomic E-state index is 10.4. The second-order valence-corrected chi connectivity index (χ2v) is 2.91. The largest absolute Gasteiger partial charge is 0.480 e. The first-order chi connectivity index (χ1) is 6.63. The minimum absolute atomic E-state index is 0.0745. The summed E-state index contributed by atoms with van der Waals surface area (Å²) in [5, 5.41) is 17.2. The lowest BCUT2D eigenvalue weighted by atomic mass is 10.2. The molecule has 0 radical (unpaired) electrons. The van der Waals surface area contributed by atoms with E-state index in [2.05, 4.69) is 0 Å². The number of nitrogens with zero attached hydrogens (tertiary/aromatic N) is 2. The van der Waals surface area contributed by atoms with Crippen LogP contribution >= 0.6 is 0 Å². The van der Waals surface area contributed by atoms with E-state index in [9.17, 15) is 4.79 Å². The van der Waals surface area contributed by atoms with Crippen molar-refractivity contribution in [3.05, 3.63) is 29.8 Å². The Kier molecular flexibility index (Phi) is 3.08. The van der Waals surface area contributed by atoms with Crippen molar-refractivity contribution < 1.29 is 9.90 Å². The van der Waals surface area contributed by atoms with Crippen LogP contribution < -0.4 is 4.90 Å². The number of hydrogen-bond acceptors (Lipinski definition) is 3. The number of nitriles is 1. The van der Waals surface area contributed by atoms with Crippen molar-refractivity contribution in [1.82, 2.24) is 0 Å². The molecule has 0 saturated heterocycles. The number of benzene rings is 1. The highest BCUT2D eigenvalue weighted by molar-refractivity contribution is 5.73. The molecule has 0 amide bonds. The topological polar surface area (TPSA) is 64.3 Å². The predicted molar refractivity (Wildman–Crippen MR) is 52.1 cm³/mol. The van der Waals surface area contributed by atoms with E-state index in [0.717, 1.165) is 5.69 Å². The van der Waals surface area contributed by atoms with Gasteiger partial charge in [-0.25, -0.2) is 0 Å². The van der Waals surface area contributed by atoms with E-state index in [0.29, 0.717) is 5.56 Å². The highest BCUT2D eigenvalue weighted by Crippen LogP contribution is 2.13. The minimum atomic E-state index is -0.894. The third-order valence-corrected chi connectivity index (χ3v) is 1.79. The summed E-state index contributed by atoms with van der Waals surface area (Å²) in [5.74, 6) is -0.894. The molecule has 0 aliphatic rings. The zero-order valence-corrected chi connectivity index (χ0v) is 7.77. The van der Waals surface area contributed by atoms with E-state index < -0.39 is 5.97 Å². The molecule has 0 aromatic heterocycles. The van der Waals surface area contributed by atoms with E-state index in [4.69, 9.17) is 10.4 Å². The van der Waals surface area contributed by atoms with Gasteiger partial charge in [0.2, 0.25) is 0 Å². The second-order valence-electron chi connectivity index (χ2n) is 2.91. The fourth-order valence-corrected chi connectivity index (χ4v) is 1.11. The van der Waals surface area contributed by atoms with Crippen molar-refractivity contribution in [2.75, 3.05) is 18.5 Å². The highest BCUT2D eigenvalue weighted by atomic mass is 16.4. The predicted octanol–water partition coefficient (Wildman–Crippen LogP) is 1.08. The quantitative estimate of drug-likeness (QED) is 0.774. The molecule has 1 rings (SSSR count). The normalized spacial score (nSPS) is 9.14. The summed E-state index contributed by atoms with van der Waals surface area (Å²) >= 11 is 0. The third kappa shape index (κ3) is 2.49. The summed E-state index contributed by atoms with van der Waals surface area (Å²) in [7, 11) is 1.67. The van der Waals surface area contributed by atoms with E-state index in [1.54, 1.807) is 36.2 Å². The van der Waals surface area contributed by atoms with Gasteiger partial charge in [0.15, 0.2) is 0 Å². The van der Waals surface area contributed by atoms with Gasteiger partial charge < -0.3 is 10.0 Å². The molecular formula is C10H10N2O2. The van der Waals surface area contributed by atoms with Crippen molar-refractivity contribution in [2.24, 2.45) is 0 Å². The van der Waals surface area contributed by atoms with Gasteiger partial charge >= 0.3 is 5.97 Å². The smallest absolute Gasteiger partial charge is 0.323 e. The summed E-state index contributed by atoms with van der Waals surface area (Å²) in [4.78, 5) is 12.0. The van der Waals surface area contributed by atoms with Gasteiger partial charge in [0.25, 0.3) is 0 Å². The molecule has 4 heteroatoms. The molecule has 14 heavy (non-hydrogen) atoms. The molecule has 1 aromatic rings. The van der Waals surface area contributed by atoms with Crippen LogP contribution in [0.3, 0.4) is 0 Å². The number of hydrogen-bond donors (Lipinski definition) is 1. The Labute approximate surface area is 82.0 Å². The number of aliphatic carboxylic acids is 1. The van der Waals surface area contributed by atoms with Crippen LogP contribution in [0.1, 0.15) is 5.56 Å². The molecule has 1 aromatic carbocycles. The first-order valence-corrected chi connectivity index (χ1v) is 4.06. The van der Waals surface area contributed by atoms with Crippen molar-refractivity contribution in [3.63, 3.8) is 0 Å². The zero-order valence-electron chi connectivity index (χ0n) is 7.77. The van der Waals surface area contributed by atoms with Gasteiger partial charge in [-0.2, -0.15) is 5.26 Å². The van der Waals surface area contributed by atoms with Crippen LogP contribution in [0.2, 0.25) is 0 Å². The highest BCUT2D eigenvalue weighted by Gasteiger charge is 2.05. The van der Waals surface area contributed by atoms with Crippen molar-refractivity contribution in [2.45, 2.75) is 0 Å². The first kappa shape index (κ1) is 10.1. The maximum Gasteiger partial charge on any atom is 0.323 e. The van der Waals surface area contributed by atoms with Gasteiger partial charge in [-0.3, -0.25) is 4.79 Å². The Balaban J connectivity index is 2.85. The summed E-state index contributed by atoms with van der Waals surface area (Å²) in [6, 6.07) is 8.83. The summed E-state index contributed by atoms with van der Waals surface area (Å²) < 4.78 is 0. The second kappa shape index (κ2) is 4.28. The van der Waals surface area contributed by atoms with Crippen LogP contribution in [0, 0.1) is 11.3 Å². The number of rotatable bonds is 3. The minimum Gasteiger partial charge on any atom is -0.480 e. The Morgan fingerprint density at radius 2 is 2.36 bits per heavy atom.